The number of hydrogen-bond donors (Lipinski definition) is 2. The summed E-state index contributed by atoms with van der Waals surface area (Å²) in [5.74, 6) is -0.0227. The topological polar surface area (TPSA) is 84.3 Å². The molecule has 1 saturated heterocycles. The van der Waals surface area contributed by atoms with Crippen molar-refractivity contribution in [2.75, 3.05) is 6.54 Å². The molecular weight excluding hydrogens is 294 g/mol. The smallest absolute Gasteiger partial charge is 0.274 e. The van der Waals surface area contributed by atoms with Gasteiger partial charge < -0.3 is 10.6 Å². The zero-order valence-corrected chi connectivity index (χ0v) is 12.7. The average Bonchev–Trinajstić information content (AvgIpc) is 2.45. The van der Waals surface area contributed by atoms with E-state index in [1.165, 1.54) is 6.07 Å². The first-order chi connectivity index (χ1) is 9.58. The average molecular weight is 314 g/mol. The van der Waals surface area contributed by atoms with Crippen LogP contribution in [-0.4, -0.2) is 23.4 Å². The van der Waals surface area contributed by atoms with Gasteiger partial charge in [-0.2, -0.15) is 0 Å². The van der Waals surface area contributed by atoms with Gasteiger partial charge in [-0.15, -0.1) is 12.4 Å². The minimum atomic E-state index is -0.423. The molecule has 1 fully saturated rings. The predicted octanol–water partition coefficient (Wildman–Crippen LogP) is 2.02. The Hall–Kier alpha value is -1.66. The van der Waals surface area contributed by atoms with Gasteiger partial charge >= 0.3 is 0 Å². The molecule has 2 N–H and O–H groups in total. The first-order valence-corrected chi connectivity index (χ1v) is 6.81. The third-order valence-electron chi connectivity index (χ3n) is 3.64. The number of nitrogens with one attached hydrogen (secondary N) is 2. The number of piperidine rings is 1. The predicted molar refractivity (Wildman–Crippen MR) is 82.4 cm³/mol. The van der Waals surface area contributed by atoms with Gasteiger partial charge in [-0.3, -0.25) is 14.9 Å². The molecule has 0 saturated carbocycles. The van der Waals surface area contributed by atoms with Gasteiger partial charge in [-0.1, -0.05) is 18.2 Å². The summed E-state index contributed by atoms with van der Waals surface area (Å²) in [6.07, 6.45) is 1.62. The highest BCUT2D eigenvalue weighted by Crippen LogP contribution is 2.19. The number of rotatable bonds is 4. The van der Waals surface area contributed by atoms with Crippen molar-refractivity contribution in [1.29, 1.82) is 0 Å². The maximum absolute atomic E-state index is 12.1. The molecule has 0 radical (unpaired) electrons. The second-order valence-corrected chi connectivity index (χ2v) is 5.18. The van der Waals surface area contributed by atoms with Crippen LogP contribution in [0.15, 0.2) is 24.3 Å². The van der Waals surface area contributed by atoms with Crippen LogP contribution < -0.4 is 10.6 Å². The molecule has 21 heavy (non-hydrogen) atoms. The van der Waals surface area contributed by atoms with Crippen molar-refractivity contribution >= 4 is 24.0 Å². The van der Waals surface area contributed by atoms with Gasteiger partial charge in [0.05, 0.1) is 4.92 Å². The van der Waals surface area contributed by atoms with E-state index >= 15 is 0 Å². The Bertz CT molecular complexity index is 510. The number of halogens is 1. The summed E-state index contributed by atoms with van der Waals surface area (Å²) >= 11 is 0. The van der Waals surface area contributed by atoms with Gasteiger partial charge in [0.25, 0.3) is 5.69 Å². The molecular formula is C14H20ClN3O3. The molecule has 0 unspecified atom stereocenters. The minimum absolute atomic E-state index is 0. The van der Waals surface area contributed by atoms with Gasteiger partial charge in [-0.25, -0.2) is 0 Å². The molecule has 0 aromatic heterocycles. The van der Waals surface area contributed by atoms with E-state index in [2.05, 4.69) is 17.6 Å². The normalized spacial score (nSPS) is 21.2. The molecule has 1 amide bonds. The molecule has 7 heteroatoms. The summed E-state index contributed by atoms with van der Waals surface area (Å²) in [5, 5.41) is 17.0. The molecule has 1 aliphatic rings. The highest BCUT2D eigenvalue weighted by molar-refractivity contribution is 5.85. The number of carbonyl (C=O) groups excluding carboxylic acids is 1. The summed E-state index contributed by atoms with van der Waals surface area (Å²) in [4.78, 5) is 22.6. The van der Waals surface area contributed by atoms with E-state index in [0.29, 0.717) is 11.6 Å². The molecule has 0 aliphatic carbocycles. The fourth-order valence-corrected chi connectivity index (χ4v) is 2.54. The van der Waals surface area contributed by atoms with Crippen molar-refractivity contribution in [1.82, 2.24) is 10.6 Å². The molecule has 2 rings (SSSR count). The standard InChI is InChI=1S/C14H19N3O3.ClH/c1-10-8-11(6-7-15-10)14(18)16-9-12-4-2-3-5-13(12)17(19)20;/h2-5,10-11,15H,6-9H2,1H3,(H,16,18);1H/t10-,11-;/m0./s1. The van der Waals surface area contributed by atoms with Crippen LogP contribution in [-0.2, 0) is 11.3 Å². The van der Waals surface area contributed by atoms with Gasteiger partial charge in [0.1, 0.15) is 0 Å². The van der Waals surface area contributed by atoms with E-state index in [1.807, 2.05) is 0 Å². The van der Waals surface area contributed by atoms with Gasteiger partial charge in [0.15, 0.2) is 0 Å². The zero-order chi connectivity index (χ0) is 14.5. The Kier molecular flexibility index (Phi) is 6.58. The number of hydrogen-bond acceptors (Lipinski definition) is 4. The van der Waals surface area contributed by atoms with Crippen molar-refractivity contribution in [3.05, 3.63) is 39.9 Å². The summed E-state index contributed by atoms with van der Waals surface area (Å²) in [7, 11) is 0. The summed E-state index contributed by atoms with van der Waals surface area (Å²) in [5.41, 5.74) is 0.583. The van der Waals surface area contributed by atoms with Gasteiger partial charge in [-0.05, 0) is 26.3 Å². The van der Waals surface area contributed by atoms with E-state index in [4.69, 9.17) is 0 Å². The Morgan fingerprint density at radius 3 is 2.86 bits per heavy atom. The molecule has 0 spiro atoms. The van der Waals surface area contributed by atoms with E-state index in [0.717, 1.165) is 19.4 Å². The van der Waals surface area contributed by atoms with Crippen LogP contribution in [0.4, 0.5) is 5.69 Å². The number of para-hydroxylation sites is 1. The molecule has 0 bridgehead atoms. The molecule has 1 aromatic rings. The quantitative estimate of drug-likeness (QED) is 0.658. The van der Waals surface area contributed by atoms with Crippen LogP contribution in [0.25, 0.3) is 0 Å². The monoisotopic (exact) mass is 313 g/mol. The van der Waals surface area contributed by atoms with Crippen LogP contribution in [0.1, 0.15) is 25.3 Å². The molecule has 1 aromatic carbocycles. The molecule has 116 valence electrons. The lowest BCUT2D eigenvalue weighted by molar-refractivity contribution is -0.385. The second-order valence-electron chi connectivity index (χ2n) is 5.18. The van der Waals surface area contributed by atoms with Crippen molar-refractivity contribution in [3.8, 4) is 0 Å². The zero-order valence-electron chi connectivity index (χ0n) is 11.9. The Morgan fingerprint density at radius 2 is 2.19 bits per heavy atom. The molecule has 1 heterocycles. The second kappa shape index (κ2) is 7.95. The van der Waals surface area contributed by atoms with E-state index in [-0.39, 0.29) is 36.5 Å². The largest absolute Gasteiger partial charge is 0.352 e. The number of benzene rings is 1. The lowest BCUT2D eigenvalue weighted by Gasteiger charge is -2.27. The molecule has 2 atom stereocenters. The number of carbonyl (C=O) groups is 1. The maximum Gasteiger partial charge on any atom is 0.274 e. The first-order valence-electron chi connectivity index (χ1n) is 6.81. The van der Waals surface area contributed by atoms with E-state index < -0.39 is 4.92 Å². The Labute approximate surface area is 129 Å². The van der Waals surface area contributed by atoms with Crippen molar-refractivity contribution in [2.45, 2.75) is 32.4 Å². The maximum atomic E-state index is 12.1. The van der Waals surface area contributed by atoms with Crippen LogP contribution in [0.5, 0.6) is 0 Å². The SMILES string of the molecule is C[C@H]1C[C@@H](C(=O)NCc2ccccc2[N+](=O)[O-])CCN1.Cl. The van der Waals surface area contributed by atoms with Gasteiger partial charge in [0, 0.05) is 30.1 Å². The number of nitro benzene ring substituents is 1. The third-order valence-corrected chi connectivity index (χ3v) is 3.64. The minimum Gasteiger partial charge on any atom is -0.352 e. The number of nitro groups is 1. The number of nitrogens with zero attached hydrogens (tertiary/aromatic N) is 1. The van der Waals surface area contributed by atoms with Crippen LogP contribution in [0.3, 0.4) is 0 Å². The highest BCUT2D eigenvalue weighted by atomic mass is 35.5. The fourth-order valence-electron chi connectivity index (χ4n) is 2.54. The van der Waals surface area contributed by atoms with E-state index in [1.54, 1.807) is 18.2 Å². The fraction of sp³-hybridized carbons (Fsp3) is 0.500. The lowest BCUT2D eigenvalue weighted by atomic mass is 9.92. The van der Waals surface area contributed by atoms with Crippen molar-refractivity contribution < 1.29 is 9.72 Å². The highest BCUT2D eigenvalue weighted by Gasteiger charge is 2.24. The van der Waals surface area contributed by atoms with Crippen molar-refractivity contribution in [3.63, 3.8) is 0 Å². The molecule has 1 aliphatic heterocycles. The summed E-state index contributed by atoms with van der Waals surface area (Å²) in [6, 6.07) is 6.82. The van der Waals surface area contributed by atoms with E-state index in [9.17, 15) is 14.9 Å². The Balaban J connectivity index is 0.00000220. The summed E-state index contributed by atoms with van der Waals surface area (Å²) < 4.78 is 0. The third kappa shape index (κ3) is 4.68. The van der Waals surface area contributed by atoms with Crippen LogP contribution in [0, 0.1) is 16.0 Å². The first kappa shape index (κ1) is 17.4. The number of amides is 1. The van der Waals surface area contributed by atoms with Gasteiger partial charge in [0.2, 0.25) is 5.91 Å². The molecule has 6 nitrogen and oxygen atoms in total. The van der Waals surface area contributed by atoms with Crippen LogP contribution >= 0.6 is 12.4 Å². The summed E-state index contributed by atoms with van der Waals surface area (Å²) in [6.45, 7) is 3.10. The lowest BCUT2D eigenvalue weighted by Crippen LogP contribution is -2.42. The Morgan fingerprint density at radius 1 is 1.48 bits per heavy atom. The van der Waals surface area contributed by atoms with Crippen LogP contribution in [0.2, 0.25) is 0 Å². The van der Waals surface area contributed by atoms with Crippen molar-refractivity contribution in [2.24, 2.45) is 5.92 Å².